The number of carbonyl (C=O) groups is 1. The third kappa shape index (κ3) is 2.51. The van der Waals surface area contributed by atoms with Gasteiger partial charge in [0.2, 0.25) is 0 Å². The third-order valence-electron chi connectivity index (χ3n) is 2.20. The smallest absolute Gasteiger partial charge is 0.340 e. The minimum absolute atomic E-state index is 0.281. The van der Waals surface area contributed by atoms with E-state index in [9.17, 15) is 4.79 Å². The van der Waals surface area contributed by atoms with Crippen LogP contribution in [0, 0.1) is 0 Å². The molecular weight excluding hydrogens is 300 g/mol. The molecule has 0 unspecified atom stereocenters. The summed E-state index contributed by atoms with van der Waals surface area (Å²) >= 11 is 3.29. The van der Waals surface area contributed by atoms with Crippen LogP contribution in [0.2, 0.25) is 0 Å². The molecule has 0 amide bonds. The van der Waals surface area contributed by atoms with Crippen molar-refractivity contribution in [2.75, 3.05) is 12.3 Å². The van der Waals surface area contributed by atoms with Crippen LogP contribution in [0.1, 0.15) is 17.3 Å². The van der Waals surface area contributed by atoms with Gasteiger partial charge < -0.3 is 10.5 Å². The summed E-state index contributed by atoms with van der Waals surface area (Å²) in [6.45, 7) is 2.03. The molecule has 2 aromatic rings. The van der Waals surface area contributed by atoms with Gasteiger partial charge in [-0.3, -0.25) is 0 Å². The van der Waals surface area contributed by atoms with Crippen LogP contribution in [0.3, 0.4) is 0 Å². The zero-order valence-electron chi connectivity index (χ0n) is 9.63. The van der Waals surface area contributed by atoms with Gasteiger partial charge in [-0.2, -0.15) is 5.10 Å². The van der Waals surface area contributed by atoms with Crippen molar-refractivity contribution in [1.29, 1.82) is 0 Å². The van der Waals surface area contributed by atoms with Crippen molar-refractivity contribution >= 4 is 27.6 Å². The van der Waals surface area contributed by atoms with Gasteiger partial charge in [-0.15, -0.1) is 0 Å². The fourth-order valence-electron chi connectivity index (χ4n) is 1.39. The standard InChI is InChI=1S/C11H11BrN4O2/c1-2-18-11(17)8-3-10(14-5-9(8)13)16-6-7(12)4-15-16/h3-6H,2,13H2,1H3. The van der Waals surface area contributed by atoms with E-state index < -0.39 is 5.97 Å². The molecule has 0 saturated heterocycles. The fraction of sp³-hybridized carbons (Fsp3) is 0.182. The van der Waals surface area contributed by atoms with Gasteiger partial charge in [0, 0.05) is 6.20 Å². The molecule has 0 fully saturated rings. The van der Waals surface area contributed by atoms with Gasteiger partial charge in [0.25, 0.3) is 0 Å². The summed E-state index contributed by atoms with van der Waals surface area (Å²) in [5, 5.41) is 4.08. The predicted molar refractivity (Wildman–Crippen MR) is 69.4 cm³/mol. The number of hydrogen-bond acceptors (Lipinski definition) is 5. The average Bonchev–Trinajstić information content (AvgIpc) is 2.77. The van der Waals surface area contributed by atoms with E-state index in [0.717, 1.165) is 4.47 Å². The highest BCUT2D eigenvalue weighted by Crippen LogP contribution is 2.17. The van der Waals surface area contributed by atoms with E-state index in [1.807, 2.05) is 0 Å². The van der Waals surface area contributed by atoms with E-state index >= 15 is 0 Å². The van der Waals surface area contributed by atoms with E-state index in [2.05, 4.69) is 26.0 Å². The number of hydrogen-bond donors (Lipinski definition) is 1. The Kier molecular flexibility index (Phi) is 3.61. The van der Waals surface area contributed by atoms with Gasteiger partial charge in [-0.25, -0.2) is 14.5 Å². The molecule has 94 valence electrons. The van der Waals surface area contributed by atoms with Crippen molar-refractivity contribution in [2.45, 2.75) is 6.92 Å². The number of rotatable bonds is 3. The largest absolute Gasteiger partial charge is 0.462 e. The van der Waals surface area contributed by atoms with Gasteiger partial charge in [-0.1, -0.05) is 0 Å². The molecule has 0 bridgehead atoms. The van der Waals surface area contributed by atoms with E-state index in [0.29, 0.717) is 12.4 Å². The number of nitrogens with two attached hydrogens (primary N) is 1. The van der Waals surface area contributed by atoms with Crippen LogP contribution in [-0.2, 0) is 4.74 Å². The zero-order chi connectivity index (χ0) is 13.1. The van der Waals surface area contributed by atoms with Crippen LogP contribution in [0.15, 0.2) is 29.1 Å². The molecule has 0 aliphatic heterocycles. The molecule has 7 heteroatoms. The Balaban J connectivity index is 2.40. The van der Waals surface area contributed by atoms with Crippen molar-refractivity contribution in [3.63, 3.8) is 0 Å². The molecule has 2 N–H and O–H groups in total. The van der Waals surface area contributed by atoms with Crippen LogP contribution >= 0.6 is 15.9 Å². The number of pyridine rings is 1. The molecule has 2 heterocycles. The van der Waals surface area contributed by atoms with Crippen LogP contribution < -0.4 is 5.73 Å². The first-order valence-electron chi connectivity index (χ1n) is 5.25. The lowest BCUT2D eigenvalue weighted by atomic mass is 10.2. The normalized spacial score (nSPS) is 10.3. The van der Waals surface area contributed by atoms with E-state index in [1.165, 1.54) is 10.9 Å². The first kappa shape index (κ1) is 12.6. The third-order valence-corrected chi connectivity index (χ3v) is 2.61. The van der Waals surface area contributed by atoms with Crippen molar-refractivity contribution in [3.8, 4) is 5.82 Å². The molecule has 0 radical (unpaired) electrons. The molecule has 0 aliphatic rings. The number of carbonyl (C=O) groups excluding carboxylic acids is 1. The molecule has 18 heavy (non-hydrogen) atoms. The van der Waals surface area contributed by atoms with Crippen LogP contribution in [0.5, 0.6) is 0 Å². The number of aromatic nitrogens is 3. The number of nitrogen functional groups attached to an aromatic ring is 1. The van der Waals surface area contributed by atoms with Crippen LogP contribution in [0.4, 0.5) is 5.69 Å². The van der Waals surface area contributed by atoms with Gasteiger partial charge in [-0.05, 0) is 28.9 Å². The second kappa shape index (κ2) is 5.18. The van der Waals surface area contributed by atoms with Crippen molar-refractivity contribution in [3.05, 3.63) is 34.7 Å². The molecule has 0 spiro atoms. The maximum absolute atomic E-state index is 11.7. The van der Waals surface area contributed by atoms with E-state index in [4.69, 9.17) is 10.5 Å². The molecule has 6 nitrogen and oxygen atoms in total. The molecule has 2 aromatic heterocycles. The highest BCUT2D eigenvalue weighted by atomic mass is 79.9. The lowest BCUT2D eigenvalue weighted by molar-refractivity contribution is 0.0527. The summed E-state index contributed by atoms with van der Waals surface area (Å²) in [6.07, 6.45) is 4.77. The Labute approximate surface area is 112 Å². The van der Waals surface area contributed by atoms with Gasteiger partial charge in [0.05, 0.1) is 34.7 Å². The Bertz CT molecular complexity index is 582. The first-order valence-corrected chi connectivity index (χ1v) is 6.04. The monoisotopic (exact) mass is 310 g/mol. The second-order valence-electron chi connectivity index (χ2n) is 3.45. The Morgan fingerprint density at radius 3 is 2.94 bits per heavy atom. The number of esters is 1. The van der Waals surface area contributed by atoms with Gasteiger partial charge >= 0.3 is 5.97 Å². The number of halogens is 1. The van der Waals surface area contributed by atoms with Crippen molar-refractivity contribution < 1.29 is 9.53 Å². The molecule has 0 saturated carbocycles. The highest BCUT2D eigenvalue weighted by Gasteiger charge is 2.13. The summed E-state index contributed by atoms with van der Waals surface area (Å²) < 4.78 is 7.27. The minimum atomic E-state index is -0.468. The van der Waals surface area contributed by atoms with Crippen molar-refractivity contribution in [1.82, 2.24) is 14.8 Å². The van der Waals surface area contributed by atoms with E-state index in [1.54, 1.807) is 25.4 Å². The SMILES string of the molecule is CCOC(=O)c1cc(-n2cc(Br)cn2)ncc1N. The van der Waals surface area contributed by atoms with Gasteiger partial charge in [0.15, 0.2) is 5.82 Å². The lowest BCUT2D eigenvalue weighted by Crippen LogP contribution is -2.10. The summed E-state index contributed by atoms with van der Waals surface area (Å²) in [5.74, 6) is 0.0304. The quantitative estimate of drug-likeness (QED) is 0.874. The zero-order valence-corrected chi connectivity index (χ0v) is 11.2. The Morgan fingerprint density at radius 2 is 2.33 bits per heavy atom. The summed E-state index contributed by atoms with van der Waals surface area (Å²) in [7, 11) is 0. The van der Waals surface area contributed by atoms with E-state index in [-0.39, 0.29) is 11.3 Å². The molecule has 0 aliphatic carbocycles. The second-order valence-corrected chi connectivity index (χ2v) is 4.37. The Morgan fingerprint density at radius 1 is 1.56 bits per heavy atom. The number of nitrogens with zero attached hydrogens (tertiary/aromatic N) is 3. The van der Waals surface area contributed by atoms with Crippen LogP contribution in [0.25, 0.3) is 5.82 Å². The average molecular weight is 311 g/mol. The summed E-state index contributed by atoms with van der Waals surface area (Å²) in [5.41, 5.74) is 6.27. The number of anilines is 1. The minimum Gasteiger partial charge on any atom is -0.462 e. The predicted octanol–water partition coefficient (Wildman–Crippen LogP) is 1.79. The fourth-order valence-corrected chi connectivity index (χ4v) is 1.68. The summed E-state index contributed by atoms with van der Waals surface area (Å²) in [6, 6.07) is 1.55. The highest BCUT2D eigenvalue weighted by molar-refractivity contribution is 9.10. The van der Waals surface area contributed by atoms with Crippen molar-refractivity contribution in [2.24, 2.45) is 0 Å². The lowest BCUT2D eigenvalue weighted by Gasteiger charge is -2.07. The summed E-state index contributed by atoms with van der Waals surface area (Å²) in [4.78, 5) is 15.8. The maximum Gasteiger partial charge on any atom is 0.340 e. The molecular formula is C11H11BrN4O2. The first-order chi connectivity index (χ1) is 8.61. The maximum atomic E-state index is 11.7. The van der Waals surface area contributed by atoms with Gasteiger partial charge in [0.1, 0.15) is 0 Å². The molecule has 0 atom stereocenters. The number of ether oxygens (including phenoxy) is 1. The molecule has 0 aromatic carbocycles. The van der Waals surface area contributed by atoms with Crippen LogP contribution in [-0.4, -0.2) is 27.3 Å². The topological polar surface area (TPSA) is 83.0 Å². The molecule has 2 rings (SSSR count). The Hall–Kier alpha value is -1.89.